The highest BCUT2D eigenvalue weighted by Gasteiger charge is 2.21. The van der Waals surface area contributed by atoms with Crippen LogP contribution >= 0.6 is 0 Å². The first-order valence-corrected chi connectivity index (χ1v) is 10.3. The molecule has 0 saturated carbocycles. The summed E-state index contributed by atoms with van der Waals surface area (Å²) in [5, 5.41) is 2.85. The zero-order valence-electron chi connectivity index (χ0n) is 17.0. The Labute approximate surface area is 173 Å². The van der Waals surface area contributed by atoms with Crippen molar-refractivity contribution < 1.29 is 9.59 Å². The molecule has 2 aromatic carbocycles. The zero-order valence-corrected chi connectivity index (χ0v) is 17.0. The first-order valence-electron chi connectivity index (χ1n) is 10.3. The van der Waals surface area contributed by atoms with Crippen LogP contribution in [0.15, 0.2) is 60.7 Å². The van der Waals surface area contributed by atoms with E-state index in [4.69, 9.17) is 0 Å². The second kappa shape index (κ2) is 10.6. The summed E-state index contributed by atoms with van der Waals surface area (Å²) in [5.41, 5.74) is 2.42. The molecule has 3 rings (SSSR count). The molecule has 5 heteroatoms. The number of carbonyl (C=O) groups excluding carboxylic acids is 2. The van der Waals surface area contributed by atoms with Crippen molar-refractivity contribution in [3.8, 4) is 0 Å². The standard InChI is InChI=1S/C24H29N3O2/c1-2-14-25-23(28)21-10-12-22(13-11-21)24(29)27-18-16-26(17-19-27)15-6-9-20-7-4-3-5-8-20/h3-13H,2,14-19H2,1H3,(H,25,28)/b9-6+. The van der Waals surface area contributed by atoms with E-state index in [0.29, 0.717) is 17.7 Å². The number of hydrogen-bond acceptors (Lipinski definition) is 3. The number of amides is 2. The topological polar surface area (TPSA) is 52.7 Å². The van der Waals surface area contributed by atoms with Gasteiger partial charge >= 0.3 is 0 Å². The van der Waals surface area contributed by atoms with E-state index in [9.17, 15) is 9.59 Å². The Bertz CT molecular complexity index is 823. The molecule has 2 amide bonds. The Morgan fingerprint density at radius 2 is 1.59 bits per heavy atom. The lowest BCUT2D eigenvalue weighted by Gasteiger charge is -2.34. The molecule has 0 radical (unpaired) electrons. The van der Waals surface area contributed by atoms with Gasteiger partial charge in [0, 0.05) is 50.4 Å². The molecule has 1 N–H and O–H groups in total. The van der Waals surface area contributed by atoms with Gasteiger partial charge in [-0.3, -0.25) is 14.5 Å². The highest BCUT2D eigenvalue weighted by atomic mass is 16.2. The Hall–Kier alpha value is -2.92. The Kier molecular flexibility index (Phi) is 7.59. The number of hydrogen-bond donors (Lipinski definition) is 1. The summed E-state index contributed by atoms with van der Waals surface area (Å²) in [5.74, 6) is -0.0620. The average molecular weight is 392 g/mol. The second-order valence-electron chi connectivity index (χ2n) is 7.24. The van der Waals surface area contributed by atoms with Crippen LogP contribution in [0.3, 0.4) is 0 Å². The van der Waals surface area contributed by atoms with E-state index in [1.807, 2.05) is 30.0 Å². The highest BCUT2D eigenvalue weighted by Crippen LogP contribution is 2.11. The molecule has 2 aromatic rings. The predicted octanol–water partition coefficient (Wildman–Crippen LogP) is 3.30. The Balaban J connectivity index is 1.47. The second-order valence-corrected chi connectivity index (χ2v) is 7.24. The fourth-order valence-electron chi connectivity index (χ4n) is 3.32. The molecule has 0 bridgehead atoms. The van der Waals surface area contributed by atoms with Gasteiger partial charge in [-0.05, 0) is 36.2 Å². The minimum atomic E-state index is -0.0944. The van der Waals surface area contributed by atoms with Crippen molar-refractivity contribution in [3.05, 3.63) is 77.4 Å². The average Bonchev–Trinajstić information content (AvgIpc) is 2.78. The molecular weight excluding hydrogens is 362 g/mol. The van der Waals surface area contributed by atoms with Crippen LogP contribution in [0, 0.1) is 0 Å². The fraction of sp³-hybridized carbons (Fsp3) is 0.333. The highest BCUT2D eigenvalue weighted by molar-refractivity contribution is 5.97. The van der Waals surface area contributed by atoms with E-state index in [-0.39, 0.29) is 11.8 Å². The van der Waals surface area contributed by atoms with Crippen LogP contribution in [0.1, 0.15) is 39.6 Å². The third-order valence-corrected chi connectivity index (χ3v) is 5.06. The summed E-state index contributed by atoms with van der Waals surface area (Å²) in [6, 6.07) is 17.2. The van der Waals surface area contributed by atoms with Crippen LogP contribution in [0.2, 0.25) is 0 Å². The molecule has 5 nitrogen and oxygen atoms in total. The van der Waals surface area contributed by atoms with E-state index in [0.717, 1.165) is 39.1 Å². The van der Waals surface area contributed by atoms with Crippen molar-refractivity contribution in [3.63, 3.8) is 0 Å². The van der Waals surface area contributed by atoms with Gasteiger partial charge in [0.05, 0.1) is 0 Å². The Morgan fingerprint density at radius 1 is 0.931 bits per heavy atom. The van der Waals surface area contributed by atoms with Crippen molar-refractivity contribution in [1.82, 2.24) is 15.1 Å². The van der Waals surface area contributed by atoms with Crippen LogP contribution in [-0.2, 0) is 0 Å². The number of nitrogens with zero attached hydrogens (tertiary/aromatic N) is 2. The maximum atomic E-state index is 12.8. The number of benzene rings is 2. The molecule has 1 saturated heterocycles. The van der Waals surface area contributed by atoms with Gasteiger partial charge in [0.15, 0.2) is 0 Å². The van der Waals surface area contributed by atoms with Gasteiger partial charge in [0.25, 0.3) is 11.8 Å². The first-order chi connectivity index (χ1) is 14.2. The quantitative estimate of drug-likeness (QED) is 0.788. The van der Waals surface area contributed by atoms with E-state index in [2.05, 4.69) is 34.5 Å². The fourth-order valence-corrected chi connectivity index (χ4v) is 3.32. The van der Waals surface area contributed by atoms with Crippen molar-refractivity contribution in [2.75, 3.05) is 39.3 Å². The third kappa shape index (κ3) is 6.03. The van der Waals surface area contributed by atoms with Gasteiger partial charge < -0.3 is 10.2 Å². The summed E-state index contributed by atoms with van der Waals surface area (Å²) in [6.45, 7) is 6.72. The van der Waals surface area contributed by atoms with Gasteiger partial charge in [-0.15, -0.1) is 0 Å². The summed E-state index contributed by atoms with van der Waals surface area (Å²) in [6.07, 6.45) is 5.21. The molecule has 0 atom stereocenters. The van der Waals surface area contributed by atoms with Crippen molar-refractivity contribution in [2.24, 2.45) is 0 Å². The molecule has 29 heavy (non-hydrogen) atoms. The van der Waals surface area contributed by atoms with E-state index < -0.39 is 0 Å². The Morgan fingerprint density at radius 3 is 2.24 bits per heavy atom. The lowest BCUT2D eigenvalue weighted by Crippen LogP contribution is -2.48. The smallest absolute Gasteiger partial charge is 0.253 e. The van der Waals surface area contributed by atoms with Gasteiger partial charge in [0.1, 0.15) is 0 Å². The number of carbonyl (C=O) groups is 2. The summed E-state index contributed by atoms with van der Waals surface area (Å²) in [7, 11) is 0. The summed E-state index contributed by atoms with van der Waals surface area (Å²) < 4.78 is 0. The van der Waals surface area contributed by atoms with Gasteiger partial charge in [-0.2, -0.15) is 0 Å². The van der Waals surface area contributed by atoms with Crippen LogP contribution in [-0.4, -0.2) is 60.9 Å². The maximum absolute atomic E-state index is 12.8. The zero-order chi connectivity index (χ0) is 20.5. The summed E-state index contributed by atoms with van der Waals surface area (Å²) >= 11 is 0. The van der Waals surface area contributed by atoms with E-state index >= 15 is 0 Å². The van der Waals surface area contributed by atoms with Crippen LogP contribution in [0.5, 0.6) is 0 Å². The molecule has 0 unspecified atom stereocenters. The molecule has 1 aliphatic rings. The van der Waals surface area contributed by atoms with Gasteiger partial charge in [-0.25, -0.2) is 0 Å². The molecule has 0 aliphatic carbocycles. The van der Waals surface area contributed by atoms with Crippen LogP contribution < -0.4 is 5.32 Å². The molecule has 0 aromatic heterocycles. The molecule has 152 valence electrons. The molecule has 1 aliphatic heterocycles. The monoisotopic (exact) mass is 391 g/mol. The maximum Gasteiger partial charge on any atom is 0.253 e. The molecule has 1 heterocycles. The minimum absolute atomic E-state index is 0.0324. The SMILES string of the molecule is CCCNC(=O)c1ccc(C(=O)N2CCN(C/C=C/c3ccccc3)CC2)cc1. The van der Waals surface area contributed by atoms with Crippen molar-refractivity contribution >= 4 is 17.9 Å². The number of rotatable bonds is 7. The summed E-state index contributed by atoms with van der Waals surface area (Å²) in [4.78, 5) is 29.0. The predicted molar refractivity (Wildman–Crippen MR) is 117 cm³/mol. The van der Waals surface area contributed by atoms with Gasteiger partial charge in [-0.1, -0.05) is 49.4 Å². The van der Waals surface area contributed by atoms with Crippen LogP contribution in [0.25, 0.3) is 6.08 Å². The molecule has 1 fully saturated rings. The van der Waals surface area contributed by atoms with Gasteiger partial charge in [0.2, 0.25) is 0 Å². The first kappa shape index (κ1) is 20.8. The van der Waals surface area contributed by atoms with E-state index in [1.54, 1.807) is 24.3 Å². The lowest BCUT2D eigenvalue weighted by molar-refractivity contribution is 0.0650. The normalized spacial score (nSPS) is 14.9. The van der Waals surface area contributed by atoms with Crippen molar-refractivity contribution in [2.45, 2.75) is 13.3 Å². The molecular formula is C24H29N3O2. The minimum Gasteiger partial charge on any atom is -0.352 e. The van der Waals surface area contributed by atoms with Crippen molar-refractivity contribution in [1.29, 1.82) is 0 Å². The van der Waals surface area contributed by atoms with Crippen LogP contribution in [0.4, 0.5) is 0 Å². The number of piperazine rings is 1. The van der Waals surface area contributed by atoms with E-state index in [1.165, 1.54) is 5.56 Å². The third-order valence-electron chi connectivity index (χ3n) is 5.06. The molecule has 0 spiro atoms. The number of nitrogens with one attached hydrogen (secondary N) is 1. The largest absolute Gasteiger partial charge is 0.352 e. The lowest BCUT2D eigenvalue weighted by atomic mass is 10.1.